The smallest absolute Gasteiger partial charge is 0.337 e. The molecule has 5 heteroatoms. The Balaban J connectivity index is 2.87. The van der Waals surface area contributed by atoms with Gasteiger partial charge in [0.15, 0.2) is 6.10 Å². The van der Waals surface area contributed by atoms with Gasteiger partial charge in [0.25, 0.3) is 0 Å². The van der Waals surface area contributed by atoms with Crippen LogP contribution in [0.2, 0.25) is 0 Å². The molecular weight excluding hydrogens is 160 g/mol. The number of aryl methyl sites for hydroxylation is 1. The van der Waals surface area contributed by atoms with E-state index in [-0.39, 0.29) is 0 Å². The number of hydrogen-bond acceptors (Lipinski definition) is 3. The zero-order valence-corrected chi connectivity index (χ0v) is 6.89. The molecule has 1 N–H and O–H groups in total. The molecule has 0 spiro atoms. The summed E-state index contributed by atoms with van der Waals surface area (Å²) in [5, 5.41) is 12.5. The molecule has 0 bridgehead atoms. The number of carboxylic acids is 1. The summed E-state index contributed by atoms with van der Waals surface area (Å²) >= 11 is 0. The molecule has 1 heterocycles. The minimum absolute atomic E-state index is 0.549. The number of carbonyl (C=O) groups is 1. The molecule has 66 valence electrons. The largest absolute Gasteiger partial charge is 0.479 e. The van der Waals surface area contributed by atoms with Crippen LogP contribution in [0.1, 0.15) is 11.7 Å². The molecule has 0 saturated carbocycles. The van der Waals surface area contributed by atoms with Crippen molar-refractivity contribution in [2.45, 2.75) is 6.10 Å². The van der Waals surface area contributed by atoms with Gasteiger partial charge in [0.1, 0.15) is 0 Å². The maximum Gasteiger partial charge on any atom is 0.337 e. The molecule has 1 rings (SSSR count). The average Bonchev–Trinajstić information content (AvgIpc) is 2.37. The lowest BCUT2D eigenvalue weighted by atomic mass is 10.2. The maximum absolute atomic E-state index is 10.6. The highest BCUT2D eigenvalue weighted by Crippen LogP contribution is 2.14. The molecule has 12 heavy (non-hydrogen) atoms. The molecule has 0 amide bonds. The van der Waals surface area contributed by atoms with E-state index in [1.165, 1.54) is 18.0 Å². The normalized spacial score (nSPS) is 12.8. The molecule has 0 radical (unpaired) electrons. The van der Waals surface area contributed by atoms with E-state index in [2.05, 4.69) is 5.10 Å². The Labute approximate surface area is 69.6 Å². The predicted octanol–water partition coefficient (Wildman–Crippen LogP) is 0.192. The summed E-state index contributed by atoms with van der Waals surface area (Å²) in [4.78, 5) is 10.6. The Morgan fingerprint density at radius 1 is 1.83 bits per heavy atom. The molecule has 1 aromatic heterocycles. The van der Waals surface area contributed by atoms with Crippen molar-refractivity contribution in [3.05, 3.63) is 18.0 Å². The lowest BCUT2D eigenvalue weighted by Gasteiger charge is -2.06. The molecular formula is C7H10N2O3. The van der Waals surface area contributed by atoms with Gasteiger partial charge in [-0.2, -0.15) is 5.10 Å². The predicted molar refractivity (Wildman–Crippen MR) is 40.6 cm³/mol. The summed E-state index contributed by atoms with van der Waals surface area (Å²) in [6.45, 7) is 0. The van der Waals surface area contributed by atoms with E-state index in [1.807, 2.05) is 0 Å². The number of aromatic nitrogens is 2. The summed E-state index contributed by atoms with van der Waals surface area (Å²) in [5.74, 6) is -1.01. The van der Waals surface area contributed by atoms with Crippen molar-refractivity contribution in [3.63, 3.8) is 0 Å². The molecule has 5 nitrogen and oxygen atoms in total. The van der Waals surface area contributed by atoms with Crippen LogP contribution < -0.4 is 0 Å². The van der Waals surface area contributed by atoms with Gasteiger partial charge in [0, 0.05) is 25.9 Å². The van der Waals surface area contributed by atoms with Crippen molar-refractivity contribution in [3.8, 4) is 0 Å². The van der Waals surface area contributed by atoms with E-state index in [1.54, 1.807) is 13.2 Å². The first-order chi connectivity index (χ1) is 5.65. The van der Waals surface area contributed by atoms with Crippen LogP contribution in [0.4, 0.5) is 0 Å². The second-order valence-corrected chi connectivity index (χ2v) is 2.40. The third-order valence-electron chi connectivity index (χ3n) is 1.49. The fourth-order valence-electron chi connectivity index (χ4n) is 0.955. The van der Waals surface area contributed by atoms with E-state index in [0.717, 1.165) is 0 Å². The number of carboxylic acid groups (broad SMARTS) is 1. The van der Waals surface area contributed by atoms with E-state index in [0.29, 0.717) is 5.56 Å². The third-order valence-corrected chi connectivity index (χ3v) is 1.49. The van der Waals surface area contributed by atoms with Crippen LogP contribution in [0.25, 0.3) is 0 Å². The van der Waals surface area contributed by atoms with Gasteiger partial charge in [-0.15, -0.1) is 0 Å². The number of ether oxygens (including phenoxy) is 1. The van der Waals surface area contributed by atoms with E-state index in [9.17, 15) is 4.79 Å². The molecule has 1 atom stereocenters. The summed E-state index contributed by atoms with van der Waals surface area (Å²) in [6, 6.07) is 0. The van der Waals surface area contributed by atoms with Gasteiger partial charge < -0.3 is 9.84 Å². The highest BCUT2D eigenvalue weighted by molar-refractivity contribution is 5.74. The lowest BCUT2D eigenvalue weighted by Crippen LogP contribution is -2.12. The summed E-state index contributed by atoms with van der Waals surface area (Å²) in [7, 11) is 3.07. The zero-order valence-electron chi connectivity index (χ0n) is 6.89. The fraction of sp³-hybridized carbons (Fsp3) is 0.429. The molecule has 0 fully saturated rings. The SMILES string of the molecule is CO[C@@H](C(=O)O)c1cnn(C)c1. The molecule has 0 aliphatic heterocycles. The average molecular weight is 170 g/mol. The van der Waals surface area contributed by atoms with Crippen molar-refractivity contribution in [2.24, 2.45) is 7.05 Å². The van der Waals surface area contributed by atoms with Crippen LogP contribution in [0, 0.1) is 0 Å². The first kappa shape index (κ1) is 8.73. The second kappa shape index (κ2) is 3.36. The van der Waals surface area contributed by atoms with Gasteiger partial charge in [-0.3, -0.25) is 4.68 Å². The van der Waals surface area contributed by atoms with Gasteiger partial charge in [-0.1, -0.05) is 0 Å². The Hall–Kier alpha value is -1.36. The first-order valence-corrected chi connectivity index (χ1v) is 3.39. The Bertz CT molecular complexity index is 282. The minimum Gasteiger partial charge on any atom is -0.479 e. The highest BCUT2D eigenvalue weighted by atomic mass is 16.5. The quantitative estimate of drug-likeness (QED) is 0.703. The van der Waals surface area contributed by atoms with E-state index in [4.69, 9.17) is 9.84 Å². The van der Waals surface area contributed by atoms with Crippen molar-refractivity contribution in [1.29, 1.82) is 0 Å². The minimum atomic E-state index is -1.01. The van der Waals surface area contributed by atoms with Crippen molar-refractivity contribution in [1.82, 2.24) is 9.78 Å². The van der Waals surface area contributed by atoms with Crippen LogP contribution >= 0.6 is 0 Å². The van der Waals surface area contributed by atoms with Gasteiger partial charge in [-0.05, 0) is 0 Å². The van der Waals surface area contributed by atoms with Crippen LogP contribution in [0.5, 0.6) is 0 Å². The van der Waals surface area contributed by atoms with Gasteiger partial charge in [-0.25, -0.2) is 4.79 Å². The van der Waals surface area contributed by atoms with Gasteiger partial charge in [0.2, 0.25) is 0 Å². The molecule has 0 unspecified atom stereocenters. The van der Waals surface area contributed by atoms with Crippen molar-refractivity contribution < 1.29 is 14.6 Å². The van der Waals surface area contributed by atoms with E-state index >= 15 is 0 Å². The van der Waals surface area contributed by atoms with Crippen LogP contribution in [-0.4, -0.2) is 28.0 Å². The van der Waals surface area contributed by atoms with Crippen LogP contribution in [0.15, 0.2) is 12.4 Å². The number of methoxy groups -OCH3 is 1. The second-order valence-electron chi connectivity index (χ2n) is 2.40. The molecule has 0 aromatic carbocycles. The number of aliphatic carboxylic acids is 1. The van der Waals surface area contributed by atoms with E-state index < -0.39 is 12.1 Å². The van der Waals surface area contributed by atoms with Crippen molar-refractivity contribution in [2.75, 3.05) is 7.11 Å². The van der Waals surface area contributed by atoms with Crippen LogP contribution in [0.3, 0.4) is 0 Å². The highest BCUT2D eigenvalue weighted by Gasteiger charge is 2.19. The summed E-state index contributed by atoms with van der Waals surface area (Å²) in [6.07, 6.45) is 2.17. The third kappa shape index (κ3) is 1.62. The first-order valence-electron chi connectivity index (χ1n) is 3.39. The van der Waals surface area contributed by atoms with Gasteiger partial charge >= 0.3 is 5.97 Å². The van der Waals surface area contributed by atoms with Gasteiger partial charge in [0.05, 0.1) is 6.20 Å². The van der Waals surface area contributed by atoms with Crippen molar-refractivity contribution >= 4 is 5.97 Å². The molecule has 0 aliphatic rings. The molecule has 1 aromatic rings. The Morgan fingerprint density at radius 3 is 2.83 bits per heavy atom. The molecule has 0 saturated heterocycles. The fourth-order valence-corrected chi connectivity index (χ4v) is 0.955. The maximum atomic E-state index is 10.6. The Morgan fingerprint density at radius 2 is 2.50 bits per heavy atom. The molecule has 0 aliphatic carbocycles. The summed E-state index contributed by atoms with van der Waals surface area (Å²) < 4.78 is 6.29. The van der Waals surface area contributed by atoms with Crippen LogP contribution in [-0.2, 0) is 16.6 Å². The standard InChI is InChI=1S/C7H10N2O3/c1-9-4-5(3-8-9)6(12-2)7(10)11/h3-4,6H,1-2H3,(H,10,11)/t6-/m1/s1. The summed E-state index contributed by atoms with van der Waals surface area (Å²) in [5.41, 5.74) is 0.549. The lowest BCUT2D eigenvalue weighted by molar-refractivity contribution is -0.148. The number of hydrogen-bond donors (Lipinski definition) is 1. The monoisotopic (exact) mass is 170 g/mol. The number of rotatable bonds is 3. The zero-order chi connectivity index (χ0) is 9.14. The number of nitrogens with zero attached hydrogens (tertiary/aromatic N) is 2. The Kier molecular flexibility index (Phi) is 2.44. The topological polar surface area (TPSA) is 64.3 Å².